The summed E-state index contributed by atoms with van der Waals surface area (Å²) in [6.45, 7) is 5.35. The van der Waals surface area contributed by atoms with Crippen molar-refractivity contribution in [1.82, 2.24) is 0 Å². The Morgan fingerprint density at radius 2 is 2.06 bits per heavy atom. The first kappa shape index (κ1) is 12.8. The molecule has 0 aliphatic heterocycles. The minimum absolute atomic E-state index is 0.305. The van der Waals surface area contributed by atoms with E-state index in [1.807, 2.05) is 0 Å². The van der Waals surface area contributed by atoms with Crippen LogP contribution in [0.5, 0.6) is 0 Å². The van der Waals surface area contributed by atoms with E-state index in [2.05, 4.69) is 0 Å². The first-order valence-electron chi connectivity index (χ1n) is 4.98. The van der Waals surface area contributed by atoms with Crippen LogP contribution in [0.2, 0.25) is 0 Å². The molecule has 0 spiro atoms. The van der Waals surface area contributed by atoms with Gasteiger partial charge in [0, 0.05) is 11.0 Å². The summed E-state index contributed by atoms with van der Waals surface area (Å²) in [5.74, 6) is -0.450. The third kappa shape index (κ3) is 2.86. The highest BCUT2D eigenvalue weighted by Crippen LogP contribution is 2.35. The largest absolute Gasteiger partial charge is 0.462 e. The van der Waals surface area contributed by atoms with Gasteiger partial charge in [-0.3, -0.25) is 0 Å². The molecular formula is C11H16NO3P. The number of hydrogen-bond donors (Lipinski definition) is 1. The summed E-state index contributed by atoms with van der Waals surface area (Å²) >= 11 is 0. The van der Waals surface area contributed by atoms with Crippen LogP contribution in [0.1, 0.15) is 17.3 Å². The third-order valence-corrected chi connectivity index (χ3v) is 3.67. The van der Waals surface area contributed by atoms with Crippen molar-refractivity contribution >= 4 is 24.1 Å². The average Bonchev–Trinajstić information content (AvgIpc) is 2.16. The topological polar surface area (TPSA) is 69.4 Å². The van der Waals surface area contributed by atoms with Gasteiger partial charge in [0.1, 0.15) is 7.14 Å². The van der Waals surface area contributed by atoms with E-state index in [9.17, 15) is 9.36 Å². The van der Waals surface area contributed by atoms with Crippen LogP contribution < -0.4 is 11.0 Å². The number of anilines is 1. The van der Waals surface area contributed by atoms with E-state index in [1.54, 1.807) is 38.5 Å². The summed E-state index contributed by atoms with van der Waals surface area (Å²) in [4.78, 5) is 11.5. The predicted molar refractivity (Wildman–Crippen MR) is 65.9 cm³/mol. The number of nitrogen functional groups attached to an aromatic ring is 1. The van der Waals surface area contributed by atoms with E-state index in [0.29, 0.717) is 23.2 Å². The van der Waals surface area contributed by atoms with Crippen LogP contribution in [-0.4, -0.2) is 25.9 Å². The zero-order valence-electron chi connectivity index (χ0n) is 9.69. The third-order valence-electron chi connectivity index (χ3n) is 2.15. The molecule has 0 fully saturated rings. The zero-order chi connectivity index (χ0) is 12.3. The number of ether oxygens (including phenoxy) is 1. The summed E-state index contributed by atoms with van der Waals surface area (Å²) in [5.41, 5.74) is 6.35. The molecule has 0 aliphatic rings. The van der Waals surface area contributed by atoms with Crippen molar-refractivity contribution in [3.05, 3.63) is 23.8 Å². The summed E-state index contributed by atoms with van der Waals surface area (Å²) in [6, 6.07) is 4.79. The number of carbonyl (C=O) groups excluding carboxylic acids is 1. The molecule has 0 aromatic heterocycles. The van der Waals surface area contributed by atoms with E-state index in [1.165, 1.54) is 0 Å². The molecule has 1 rings (SSSR count). The van der Waals surface area contributed by atoms with E-state index >= 15 is 0 Å². The van der Waals surface area contributed by atoms with Gasteiger partial charge in [0.2, 0.25) is 0 Å². The lowest BCUT2D eigenvalue weighted by atomic mass is 10.2. The first-order chi connectivity index (χ1) is 7.36. The molecule has 5 heteroatoms. The number of hydrogen-bond acceptors (Lipinski definition) is 4. The molecule has 1 aromatic carbocycles. The summed E-state index contributed by atoms with van der Waals surface area (Å²) < 4.78 is 16.6. The van der Waals surface area contributed by atoms with Crippen molar-refractivity contribution in [2.45, 2.75) is 6.92 Å². The maximum Gasteiger partial charge on any atom is 0.340 e. The standard InChI is InChI=1S/C11H16NO3P/c1-4-15-11(13)9-6-5-8(7-10(9)12)16(2,3)14/h5-7H,4,12H2,1-3H3. The minimum Gasteiger partial charge on any atom is -0.462 e. The molecule has 1 aromatic rings. The van der Waals surface area contributed by atoms with E-state index in [-0.39, 0.29) is 0 Å². The van der Waals surface area contributed by atoms with Crippen LogP contribution in [-0.2, 0) is 9.30 Å². The molecule has 0 bridgehead atoms. The van der Waals surface area contributed by atoms with Gasteiger partial charge in [-0.15, -0.1) is 0 Å². The summed E-state index contributed by atoms with van der Waals surface area (Å²) in [5, 5.41) is 0.665. The van der Waals surface area contributed by atoms with Crippen LogP contribution in [0, 0.1) is 0 Å². The normalized spacial score (nSPS) is 11.2. The molecule has 0 radical (unpaired) electrons. The fourth-order valence-corrected chi connectivity index (χ4v) is 2.16. The molecule has 0 amide bonds. The Morgan fingerprint density at radius 1 is 1.44 bits per heavy atom. The highest BCUT2D eigenvalue weighted by molar-refractivity contribution is 7.70. The number of benzene rings is 1. The zero-order valence-corrected chi connectivity index (χ0v) is 10.6. The van der Waals surface area contributed by atoms with Gasteiger partial charge in [0.25, 0.3) is 0 Å². The van der Waals surface area contributed by atoms with Crippen molar-refractivity contribution in [3.8, 4) is 0 Å². The first-order valence-corrected chi connectivity index (χ1v) is 7.58. The quantitative estimate of drug-likeness (QED) is 0.496. The molecule has 0 heterocycles. The molecule has 16 heavy (non-hydrogen) atoms. The Hall–Kier alpha value is -1.28. The van der Waals surface area contributed by atoms with Crippen LogP contribution in [0.4, 0.5) is 5.69 Å². The Balaban J connectivity index is 3.10. The SMILES string of the molecule is CCOC(=O)c1ccc(P(C)(C)=O)cc1N. The van der Waals surface area contributed by atoms with Gasteiger partial charge < -0.3 is 15.0 Å². The van der Waals surface area contributed by atoms with Gasteiger partial charge in [-0.1, -0.05) is 6.07 Å². The van der Waals surface area contributed by atoms with Gasteiger partial charge in [-0.2, -0.15) is 0 Å². The molecule has 2 N–H and O–H groups in total. The van der Waals surface area contributed by atoms with Crippen LogP contribution >= 0.6 is 7.14 Å². The lowest BCUT2D eigenvalue weighted by Crippen LogP contribution is -2.12. The highest BCUT2D eigenvalue weighted by Gasteiger charge is 2.16. The molecule has 88 valence electrons. The Morgan fingerprint density at radius 3 is 2.50 bits per heavy atom. The van der Waals surface area contributed by atoms with Gasteiger partial charge in [-0.25, -0.2) is 4.79 Å². The Bertz CT molecular complexity index is 451. The average molecular weight is 241 g/mol. The molecule has 0 saturated carbocycles. The fraction of sp³-hybridized carbons (Fsp3) is 0.364. The molecule has 0 aliphatic carbocycles. The second-order valence-corrected chi connectivity index (χ2v) is 7.06. The minimum atomic E-state index is -2.34. The Kier molecular flexibility index (Phi) is 3.76. The van der Waals surface area contributed by atoms with Crippen molar-refractivity contribution in [2.75, 3.05) is 25.7 Å². The smallest absolute Gasteiger partial charge is 0.340 e. The number of carbonyl (C=O) groups is 1. The maximum absolute atomic E-state index is 11.8. The van der Waals surface area contributed by atoms with Gasteiger partial charge in [-0.05, 0) is 32.4 Å². The van der Waals surface area contributed by atoms with Gasteiger partial charge >= 0.3 is 5.97 Å². The van der Waals surface area contributed by atoms with E-state index in [4.69, 9.17) is 10.5 Å². The van der Waals surface area contributed by atoms with Gasteiger partial charge in [0.15, 0.2) is 0 Å². The predicted octanol–water partition coefficient (Wildman–Crippen LogP) is 1.69. The van der Waals surface area contributed by atoms with Crippen LogP contribution in [0.15, 0.2) is 18.2 Å². The summed E-state index contributed by atoms with van der Waals surface area (Å²) in [6.07, 6.45) is 0. The lowest BCUT2D eigenvalue weighted by Gasteiger charge is -2.10. The molecule has 0 atom stereocenters. The molecule has 4 nitrogen and oxygen atoms in total. The summed E-state index contributed by atoms with van der Waals surface area (Å²) in [7, 11) is -2.34. The number of nitrogens with two attached hydrogens (primary N) is 1. The highest BCUT2D eigenvalue weighted by atomic mass is 31.2. The maximum atomic E-state index is 11.8. The van der Waals surface area contributed by atoms with Crippen LogP contribution in [0.3, 0.4) is 0 Å². The van der Waals surface area contributed by atoms with E-state index in [0.717, 1.165) is 0 Å². The second kappa shape index (κ2) is 4.71. The second-order valence-electron chi connectivity index (χ2n) is 3.84. The number of rotatable bonds is 3. The fourth-order valence-electron chi connectivity index (χ4n) is 1.28. The van der Waals surface area contributed by atoms with Crippen molar-refractivity contribution in [2.24, 2.45) is 0 Å². The lowest BCUT2D eigenvalue weighted by molar-refractivity contribution is 0.0527. The molecular weight excluding hydrogens is 225 g/mol. The number of esters is 1. The van der Waals surface area contributed by atoms with Crippen molar-refractivity contribution < 1.29 is 14.1 Å². The van der Waals surface area contributed by atoms with E-state index < -0.39 is 13.1 Å². The monoisotopic (exact) mass is 241 g/mol. The van der Waals surface area contributed by atoms with Crippen LogP contribution in [0.25, 0.3) is 0 Å². The van der Waals surface area contributed by atoms with Crippen molar-refractivity contribution in [1.29, 1.82) is 0 Å². The van der Waals surface area contributed by atoms with Crippen molar-refractivity contribution in [3.63, 3.8) is 0 Å². The molecule has 0 unspecified atom stereocenters. The molecule has 0 saturated heterocycles. The Labute approximate surface area is 95.2 Å². The van der Waals surface area contributed by atoms with Gasteiger partial charge in [0.05, 0.1) is 12.2 Å².